The number of quaternary nitrogens is 1. The van der Waals surface area contributed by atoms with Crippen LogP contribution in [0.25, 0.3) is 0 Å². The summed E-state index contributed by atoms with van der Waals surface area (Å²) in [6.07, 6.45) is 1.16. The molecule has 2 radical (unpaired) electrons. The first kappa shape index (κ1) is 25.0. The van der Waals surface area contributed by atoms with Gasteiger partial charge in [0.2, 0.25) is 0 Å². The van der Waals surface area contributed by atoms with E-state index < -0.39 is 16.6 Å². The van der Waals surface area contributed by atoms with E-state index in [1.54, 1.807) is 0 Å². The summed E-state index contributed by atoms with van der Waals surface area (Å²) in [4.78, 5) is 0. The molecule has 1 N–H and O–H groups in total. The average Bonchev–Trinajstić information content (AvgIpc) is 2.19. The number of aliphatic hydroxyl groups is 1. The van der Waals surface area contributed by atoms with Crippen molar-refractivity contribution in [2.24, 2.45) is 0 Å². The lowest BCUT2D eigenvalue weighted by Crippen LogP contribution is -3.00. The first-order chi connectivity index (χ1) is 9.35. The van der Waals surface area contributed by atoms with Gasteiger partial charge in [-0.05, 0) is 45.7 Å². The molecule has 0 bridgehead atoms. The van der Waals surface area contributed by atoms with Crippen molar-refractivity contribution in [3.05, 3.63) is 0 Å². The molecule has 0 aliphatic carbocycles. The van der Waals surface area contributed by atoms with Crippen LogP contribution in [0.2, 0.25) is 45.3 Å². The molecule has 22 heavy (non-hydrogen) atoms. The van der Waals surface area contributed by atoms with Gasteiger partial charge in [0.1, 0.15) is 22.0 Å². The monoisotopic (exact) mass is 385 g/mol. The fourth-order valence-corrected chi connectivity index (χ4v) is 6.72. The number of aliphatic hydroxyl groups excluding tert-OH is 1. The molecule has 0 atom stereocenters. The van der Waals surface area contributed by atoms with Crippen molar-refractivity contribution < 1.29 is 30.8 Å². The summed E-state index contributed by atoms with van der Waals surface area (Å²) < 4.78 is 13.3. The highest BCUT2D eigenvalue weighted by atomic mass is 35.5. The minimum Gasteiger partial charge on any atom is -1.00 e. The zero-order chi connectivity index (χ0) is 16.7. The molecule has 0 aromatic heterocycles. The highest BCUT2D eigenvalue weighted by Gasteiger charge is 2.27. The molecule has 0 spiro atoms. The van der Waals surface area contributed by atoms with Crippen LogP contribution < -0.4 is 12.4 Å². The molecule has 0 aromatic carbocycles. The van der Waals surface area contributed by atoms with Crippen molar-refractivity contribution in [2.75, 3.05) is 33.8 Å². The van der Waals surface area contributed by atoms with Gasteiger partial charge >= 0.3 is 0 Å². The Morgan fingerprint density at radius 2 is 1.41 bits per heavy atom. The Morgan fingerprint density at radius 1 is 0.955 bits per heavy atom. The van der Waals surface area contributed by atoms with Gasteiger partial charge < -0.3 is 30.8 Å². The molecule has 4 nitrogen and oxygen atoms in total. The molecule has 0 saturated carbocycles. The second-order valence-electron chi connectivity index (χ2n) is 8.21. The molecule has 0 unspecified atom stereocenters. The predicted octanol–water partition coefficient (Wildman–Crippen LogP) is -0.442. The van der Waals surface area contributed by atoms with E-state index in [9.17, 15) is 0 Å². The van der Waals surface area contributed by atoms with Crippen LogP contribution in [0.1, 0.15) is 6.42 Å². The standard InChI is InChI=1S/C14H36NO3Si3.ClH/c1-15(2,11-12-16)10-9-13-19-14(17-20(3,4)5)18-21(6,7)8;/h14,16H,9-13H2,1-8H3;1H/q+1;/p-1. The van der Waals surface area contributed by atoms with Crippen LogP contribution in [0.3, 0.4) is 0 Å². The van der Waals surface area contributed by atoms with Crippen molar-refractivity contribution in [1.82, 2.24) is 0 Å². The van der Waals surface area contributed by atoms with Crippen molar-refractivity contribution in [3.8, 4) is 0 Å². The number of hydrogen-bond donors (Lipinski definition) is 1. The molecule has 0 aromatic rings. The lowest BCUT2D eigenvalue weighted by atomic mass is 10.4. The van der Waals surface area contributed by atoms with Gasteiger partial charge in [0, 0.05) is 0 Å². The van der Waals surface area contributed by atoms with Gasteiger partial charge in [0.25, 0.3) is 0 Å². The lowest BCUT2D eigenvalue weighted by molar-refractivity contribution is -0.890. The van der Waals surface area contributed by atoms with Crippen LogP contribution in [0.4, 0.5) is 0 Å². The molecule has 0 heterocycles. The van der Waals surface area contributed by atoms with E-state index >= 15 is 0 Å². The number of nitrogens with zero attached hydrogens (tertiary/aromatic N) is 1. The number of rotatable bonds is 11. The van der Waals surface area contributed by atoms with Gasteiger partial charge in [-0.3, -0.25) is 0 Å². The lowest BCUT2D eigenvalue weighted by Gasteiger charge is -2.32. The zero-order valence-corrected chi connectivity index (χ0v) is 19.5. The quantitative estimate of drug-likeness (QED) is 0.227. The van der Waals surface area contributed by atoms with E-state index in [-0.39, 0.29) is 24.9 Å². The number of likely N-dealkylation sites (N-methyl/N-ethyl adjacent to an activating group) is 1. The van der Waals surface area contributed by atoms with E-state index in [0.717, 1.165) is 30.0 Å². The summed E-state index contributed by atoms with van der Waals surface area (Å²) >= 11 is 0. The molecular formula is C14H36ClNO3Si3. The first-order valence-corrected chi connectivity index (χ1v) is 16.0. The van der Waals surface area contributed by atoms with Gasteiger partial charge in [-0.15, -0.1) is 0 Å². The van der Waals surface area contributed by atoms with Crippen molar-refractivity contribution in [1.29, 1.82) is 0 Å². The SMILES string of the molecule is C[N+](C)(CCO)CCC[Si]C(O[Si](C)(C)C)O[Si](C)(C)C.[Cl-]. The first-order valence-electron chi connectivity index (χ1n) is 7.86. The Hall–Kier alpha value is 0.781. The summed E-state index contributed by atoms with van der Waals surface area (Å²) in [5.74, 6) is -0.00297. The third-order valence-electron chi connectivity index (χ3n) is 2.88. The van der Waals surface area contributed by atoms with Gasteiger partial charge in [-0.25, -0.2) is 0 Å². The Labute approximate surface area is 148 Å². The van der Waals surface area contributed by atoms with Gasteiger partial charge in [0.15, 0.2) is 16.6 Å². The van der Waals surface area contributed by atoms with Gasteiger partial charge in [-0.1, -0.05) is 6.04 Å². The highest BCUT2D eigenvalue weighted by Crippen LogP contribution is 2.15. The third-order valence-corrected chi connectivity index (χ3v) is 6.40. The predicted molar refractivity (Wildman–Crippen MR) is 96.8 cm³/mol. The van der Waals surface area contributed by atoms with Crippen LogP contribution in [0, 0.1) is 0 Å². The second kappa shape index (κ2) is 10.6. The summed E-state index contributed by atoms with van der Waals surface area (Å²) in [6.45, 7) is 15.5. The molecular weight excluding hydrogens is 350 g/mol. The minimum absolute atomic E-state index is 0. The summed E-state index contributed by atoms with van der Waals surface area (Å²) in [5, 5.41) is 9.06. The molecule has 0 saturated heterocycles. The Bertz CT molecular complexity index is 278. The Morgan fingerprint density at radius 3 is 1.77 bits per heavy atom. The molecule has 0 amide bonds. The molecule has 8 heteroatoms. The summed E-state index contributed by atoms with van der Waals surface area (Å²) in [7, 11) is 1.94. The maximum atomic E-state index is 9.06. The topological polar surface area (TPSA) is 38.7 Å². The number of halogens is 1. The summed E-state index contributed by atoms with van der Waals surface area (Å²) in [6, 6.07) is 1.15. The highest BCUT2D eigenvalue weighted by molar-refractivity contribution is 6.71. The normalized spacial score (nSPS) is 13.4. The Kier molecular flexibility index (Phi) is 12.1. The maximum Gasteiger partial charge on any atom is 0.186 e. The molecule has 134 valence electrons. The van der Waals surface area contributed by atoms with Crippen LogP contribution in [-0.4, -0.2) is 75.4 Å². The van der Waals surface area contributed by atoms with E-state index in [2.05, 4.69) is 53.4 Å². The molecule has 0 aliphatic heterocycles. The fraction of sp³-hybridized carbons (Fsp3) is 1.00. The van der Waals surface area contributed by atoms with E-state index in [1.807, 2.05) is 0 Å². The minimum atomic E-state index is -1.56. The molecule has 0 fully saturated rings. The van der Waals surface area contributed by atoms with E-state index in [0.29, 0.717) is 9.52 Å². The van der Waals surface area contributed by atoms with Crippen molar-refractivity contribution in [3.63, 3.8) is 0 Å². The Balaban J connectivity index is 0. The average molecular weight is 386 g/mol. The van der Waals surface area contributed by atoms with Crippen LogP contribution >= 0.6 is 0 Å². The summed E-state index contributed by atoms with van der Waals surface area (Å²) in [5.41, 5.74) is 0. The van der Waals surface area contributed by atoms with Crippen LogP contribution in [-0.2, 0) is 8.85 Å². The largest absolute Gasteiger partial charge is 1.00 e. The third kappa shape index (κ3) is 15.7. The molecule has 0 aliphatic rings. The second-order valence-corrected chi connectivity index (χ2v) is 18.5. The molecule has 0 rings (SSSR count). The van der Waals surface area contributed by atoms with Crippen LogP contribution in [0.15, 0.2) is 0 Å². The van der Waals surface area contributed by atoms with Crippen molar-refractivity contribution >= 4 is 26.2 Å². The van der Waals surface area contributed by atoms with Gasteiger partial charge in [0.05, 0.1) is 27.2 Å². The van der Waals surface area contributed by atoms with E-state index in [4.69, 9.17) is 14.0 Å². The smallest absolute Gasteiger partial charge is 0.186 e. The number of hydrogen-bond acceptors (Lipinski definition) is 3. The van der Waals surface area contributed by atoms with Crippen molar-refractivity contribution in [2.45, 2.75) is 57.7 Å². The van der Waals surface area contributed by atoms with Gasteiger partial charge in [-0.2, -0.15) is 0 Å². The maximum absolute atomic E-state index is 9.06. The fourth-order valence-electron chi connectivity index (χ4n) is 1.86. The van der Waals surface area contributed by atoms with Crippen LogP contribution in [0.5, 0.6) is 0 Å². The van der Waals surface area contributed by atoms with E-state index in [1.165, 1.54) is 0 Å². The zero-order valence-electron chi connectivity index (χ0n) is 15.7.